The minimum absolute atomic E-state index is 0.919. The van der Waals surface area contributed by atoms with Crippen LogP contribution in [0.25, 0.3) is 0 Å². The van der Waals surface area contributed by atoms with E-state index in [2.05, 4.69) is 24.6 Å². The van der Waals surface area contributed by atoms with Crippen LogP contribution in [0.5, 0.6) is 0 Å². The molecule has 0 rings (SSSR count). The van der Waals surface area contributed by atoms with Crippen LogP contribution in [0, 0.1) is 0 Å². The molecule has 0 aliphatic heterocycles. The molecule has 0 bridgehead atoms. The standard InChI is InChI=1S/C11H19N/c1-3-5-6-7-8-9-11-12-10-4-2/h3-6,12H,1-2,7-11H2. The molecule has 0 unspecified atom stereocenters. The summed E-state index contributed by atoms with van der Waals surface area (Å²) in [5, 5.41) is 3.26. The molecule has 0 aliphatic carbocycles. The van der Waals surface area contributed by atoms with Crippen LogP contribution in [0.4, 0.5) is 0 Å². The van der Waals surface area contributed by atoms with Crippen LogP contribution in [0.15, 0.2) is 37.5 Å². The van der Waals surface area contributed by atoms with E-state index in [0.29, 0.717) is 0 Å². The van der Waals surface area contributed by atoms with Gasteiger partial charge in [0.25, 0.3) is 0 Å². The Kier molecular flexibility index (Phi) is 9.48. The highest BCUT2D eigenvalue weighted by Crippen LogP contribution is 1.95. The molecule has 0 aromatic carbocycles. The van der Waals surface area contributed by atoms with Gasteiger partial charge in [-0.2, -0.15) is 0 Å². The molecular formula is C11H19N. The average molecular weight is 165 g/mol. The molecule has 0 atom stereocenters. The van der Waals surface area contributed by atoms with Crippen molar-refractivity contribution in [1.82, 2.24) is 5.32 Å². The normalized spacial score (nSPS) is 10.3. The van der Waals surface area contributed by atoms with E-state index >= 15 is 0 Å². The van der Waals surface area contributed by atoms with Gasteiger partial charge in [-0.3, -0.25) is 0 Å². The summed E-state index contributed by atoms with van der Waals surface area (Å²) in [7, 11) is 0. The maximum absolute atomic E-state index is 3.63. The quantitative estimate of drug-likeness (QED) is 0.331. The zero-order valence-electron chi connectivity index (χ0n) is 7.76. The maximum atomic E-state index is 3.63. The van der Waals surface area contributed by atoms with Gasteiger partial charge < -0.3 is 5.32 Å². The Morgan fingerprint density at radius 1 is 1.17 bits per heavy atom. The second-order valence-electron chi connectivity index (χ2n) is 2.65. The fraction of sp³-hybridized carbons (Fsp3) is 0.455. The summed E-state index contributed by atoms with van der Waals surface area (Å²) in [6.07, 6.45) is 11.5. The van der Waals surface area contributed by atoms with Crippen LogP contribution < -0.4 is 5.32 Å². The first-order valence-corrected chi connectivity index (χ1v) is 4.51. The van der Waals surface area contributed by atoms with Gasteiger partial charge in [-0.1, -0.05) is 30.9 Å². The van der Waals surface area contributed by atoms with E-state index in [1.165, 1.54) is 12.8 Å². The predicted molar refractivity (Wildman–Crippen MR) is 56.3 cm³/mol. The van der Waals surface area contributed by atoms with E-state index in [9.17, 15) is 0 Å². The number of nitrogens with one attached hydrogen (secondary N) is 1. The summed E-state index contributed by atoms with van der Waals surface area (Å²) in [6, 6.07) is 0. The van der Waals surface area contributed by atoms with Crippen molar-refractivity contribution in [2.75, 3.05) is 13.1 Å². The fourth-order valence-electron chi connectivity index (χ4n) is 0.909. The van der Waals surface area contributed by atoms with Crippen molar-refractivity contribution in [1.29, 1.82) is 0 Å². The lowest BCUT2D eigenvalue weighted by Gasteiger charge is -1.98. The SMILES string of the molecule is C=CC=CCCCCNCC=C. The second kappa shape index (κ2) is 10.2. The van der Waals surface area contributed by atoms with Gasteiger partial charge >= 0.3 is 0 Å². The van der Waals surface area contributed by atoms with Crippen LogP contribution in [-0.4, -0.2) is 13.1 Å². The monoisotopic (exact) mass is 165 g/mol. The highest BCUT2D eigenvalue weighted by molar-refractivity contribution is 4.96. The van der Waals surface area contributed by atoms with E-state index in [-0.39, 0.29) is 0 Å². The Balaban J connectivity index is 2.95. The van der Waals surface area contributed by atoms with E-state index in [4.69, 9.17) is 0 Å². The lowest BCUT2D eigenvalue weighted by atomic mass is 10.2. The molecule has 68 valence electrons. The Morgan fingerprint density at radius 3 is 2.67 bits per heavy atom. The molecule has 0 spiro atoms. The molecule has 1 heteroatoms. The van der Waals surface area contributed by atoms with Gasteiger partial charge in [0.2, 0.25) is 0 Å². The summed E-state index contributed by atoms with van der Waals surface area (Å²) in [4.78, 5) is 0. The summed E-state index contributed by atoms with van der Waals surface area (Å²) in [6.45, 7) is 9.25. The van der Waals surface area contributed by atoms with E-state index < -0.39 is 0 Å². The third kappa shape index (κ3) is 9.18. The van der Waals surface area contributed by atoms with Crippen LogP contribution in [-0.2, 0) is 0 Å². The first-order chi connectivity index (χ1) is 5.91. The molecule has 0 aromatic heterocycles. The highest BCUT2D eigenvalue weighted by atomic mass is 14.8. The van der Waals surface area contributed by atoms with Crippen molar-refractivity contribution < 1.29 is 0 Å². The van der Waals surface area contributed by atoms with Gasteiger partial charge in [0.1, 0.15) is 0 Å². The largest absolute Gasteiger partial charge is 0.313 e. The minimum Gasteiger partial charge on any atom is -0.313 e. The summed E-state index contributed by atoms with van der Waals surface area (Å²) >= 11 is 0. The van der Waals surface area contributed by atoms with Gasteiger partial charge in [-0.25, -0.2) is 0 Å². The molecular weight excluding hydrogens is 146 g/mol. The van der Waals surface area contributed by atoms with Crippen molar-refractivity contribution in [3.05, 3.63) is 37.5 Å². The lowest BCUT2D eigenvalue weighted by molar-refractivity contribution is 0.661. The van der Waals surface area contributed by atoms with E-state index in [0.717, 1.165) is 19.5 Å². The molecule has 0 saturated carbocycles. The van der Waals surface area contributed by atoms with Crippen molar-refractivity contribution >= 4 is 0 Å². The van der Waals surface area contributed by atoms with Crippen molar-refractivity contribution in [2.24, 2.45) is 0 Å². The van der Waals surface area contributed by atoms with Crippen molar-refractivity contribution in [3.63, 3.8) is 0 Å². The molecule has 0 fully saturated rings. The fourth-order valence-corrected chi connectivity index (χ4v) is 0.909. The molecule has 1 nitrogen and oxygen atoms in total. The molecule has 0 heterocycles. The smallest absolute Gasteiger partial charge is 0.0132 e. The third-order valence-electron chi connectivity index (χ3n) is 1.54. The molecule has 0 aliphatic rings. The van der Waals surface area contributed by atoms with Gasteiger partial charge in [-0.15, -0.1) is 6.58 Å². The zero-order valence-corrected chi connectivity index (χ0v) is 7.76. The van der Waals surface area contributed by atoms with Crippen LogP contribution in [0.1, 0.15) is 19.3 Å². The first kappa shape index (κ1) is 11.2. The van der Waals surface area contributed by atoms with Gasteiger partial charge in [0.05, 0.1) is 0 Å². The Labute approximate surface area is 75.9 Å². The van der Waals surface area contributed by atoms with Crippen LogP contribution in [0.3, 0.4) is 0 Å². The van der Waals surface area contributed by atoms with E-state index in [1.807, 2.05) is 18.2 Å². The average Bonchev–Trinajstić information content (AvgIpc) is 2.10. The van der Waals surface area contributed by atoms with Gasteiger partial charge in [-0.05, 0) is 25.8 Å². The topological polar surface area (TPSA) is 12.0 Å². The number of unbranched alkanes of at least 4 members (excludes halogenated alkanes) is 2. The molecule has 0 amide bonds. The van der Waals surface area contributed by atoms with Crippen molar-refractivity contribution in [3.8, 4) is 0 Å². The molecule has 0 radical (unpaired) electrons. The lowest BCUT2D eigenvalue weighted by Crippen LogP contribution is -2.14. The summed E-state index contributed by atoms with van der Waals surface area (Å²) < 4.78 is 0. The van der Waals surface area contributed by atoms with Gasteiger partial charge in [0, 0.05) is 6.54 Å². The van der Waals surface area contributed by atoms with Crippen LogP contribution in [0.2, 0.25) is 0 Å². The van der Waals surface area contributed by atoms with Crippen LogP contribution >= 0.6 is 0 Å². The number of hydrogen-bond donors (Lipinski definition) is 1. The molecule has 12 heavy (non-hydrogen) atoms. The zero-order chi connectivity index (χ0) is 9.07. The Bertz CT molecular complexity index is 136. The van der Waals surface area contributed by atoms with E-state index in [1.54, 1.807) is 0 Å². The van der Waals surface area contributed by atoms with Crippen molar-refractivity contribution in [2.45, 2.75) is 19.3 Å². The Morgan fingerprint density at radius 2 is 2.00 bits per heavy atom. The number of hydrogen-bond acceptors (Lipinski definition) is 1. The molecule has 0 saturated heterocycles. The maximum Gasteiger partial charge on any atom is 0.0132 e. The second-order valence-corrected chi connectivity index (χ2v) is 2.65. The molecule has 0 aromatic rings. The van der Waals surface area contributed by atoms with Gasteiger partial charge in [0.15, 0.2) is 0 Å². The minimum atomic E-state index is 0.919. The summed E-state index contributed by atoms with van der Waals surface area (Å²) in [5.74, 6) is 0. The first-order valence-electron chi connectivity index (χ1n) is 4.51. The summed E-state index contributed by atoms with van der Waals surface area (Å²) in [5.41, 5.74) is 0. The predicted octanol–water partition coefficient (Wildman–Crippen LogP) is 2.67. The Hall–Kier alpha value is -0.820. The number of rotatable bonds is 8. The third-order valence-corrected chi connectivity index (χ3v) is 1.54. The number of allylic oxidation sites excluding steroid dienone is 3. The molecule has 1 N–H and O–H groups in total. The highest BCUT2D eigenvalue weighted by Gasteiger charge is 1.84.